The van der Waals surface area contributed by atoms with Gasteiger partial charge in [0.1, 0.15) is 5.52 Å². The zero-order valence-corrected chi connectivity index (χ0v) is 13.6. The Hall–Kier alpha value is -3.27. The summed E-state index contributed by atoms with van der Waals surface area (Å²) in [5.74, 6) is -0.00468. The number of halogens is 1. The van der Waals surface area contributed by atoms with E-state index >= 15 is 0 Å². The van der Waals surface area contributed by atoms with E-state index < -0.39 is 5.82 Å². The molecule has 0 atom stereocenters. The number of oxazole rings is 1. The normalized spacial score (nSPS) is 10.8. The fraction of sp³-hybridized carbons (Fsp3) is 0.0476. The number of benzene rings is 3. The van der Waals surface area contributed by atoms with E-state index in [9.17, 15) is 4.39 Å². The van der Waals surface area contributed by atoms with Crippen LogP contribution in [0.5, 0.6) is 0 Å². The number of hydrogen-bond acceptors (Lipinski definition) is 3. The Bertz CT molecular complexity index is 1010. The predicted molar refractivity (Wildman–Crippen MR) is 96.9 cm³/mol. The fourth-order valence-electron chi connectivity index (χ4n) is 2.77. The Morgan fingerprint density at radius 2 is 1.52 bits per heavy atom. The zero-order chi connectivity index (χ0) is 17.2. The molecule has 0 aliphatic heterocycles. The summed E-state index contributed by atoms with van der Waals surface area (Å²) in [7, 11) is 0. The molecule has 0 unspecified atom stereocenters. The lowest BCUT2D eigenvalue weighted by Crippen LogP contribution is -2.02. The van der Waals surface area contributed by atoms with Gasteiger partial charge in [-0.25, -0.2) is 14.4 Å². The van der Waals surface area contributed by atoms with Gasteiger partial charge in [0.2, 0.25) is 0 Å². The van der Waals surface area contributed by atoms with E-state index in [4.69, 9.17) is 9.41 Å². The first-order valence-corrected chi connectivity index (χ1v) is 7.97. The van der Waals surface area contributed by atoms with E-state index in [-0.39, 0.29) is 5.52 Å². The molecule has 0 N–H and O–H groups in total. The molecular weight excluding hydrogens is 315 g/mol. The molecule has 25 heavy (non-hydrogen) atoms. The molecular formula is C21H15FN2O. The average Bonchev–Trinajstić information content (AvgIpc) is 3.02. The maximum atomic E-state index is 14.3. The summed E-state index contributed by atoms with van der Waals surface area (Å²) in [6.45, 7) is 1.70. The van der Waals surface area contributed by atoms with Gasteiger partial charge in [0.15, 0.2) is 17.3 Å². The van der Waals surface area contributed by atoms with E-state index in [0.717, 1.165) is 16.8 Å². The molecule has 0 aliphatic rings. The van der Waals surface area contributed by atoms with E-state index in [1.54, 1.807) is 13.0 Å². The highest BCUT2D eigenvalue weighted by molar-refractivity contribution is 6.14. The Morgan fingerprint density at radius 3 is 2.12 bits per heavy atom. The van der Waals surface area contributed by atoms with Crippen molar-refractivity contribution in [1.82, 2.24) is 4.98 Å². The maximum absolute atomic E-state index is 14.3. The molecule has 3 nitrogen and oxygen atoms in total. The highest BCUT2D eigenvalue weighted by Crippen LogP contribution is 2.26. The van der Waals surface area contributed by atoms with Crippen LogP contribution >= 0.6 is 0 Å². The largest absolute Gasteiger partial charge is 0.441 e. The lowest BCUT2D eigenvalue weighted by Gasteiger charge is -2.07. The molecule has 3 aromatic carbocycles. The first-order chi connectivity index (χ1) is 12.2. The molecule has 0 saturated carbocycles. The summed E-state index contributed by atoms with van der Waals surface area (Å²) in [6, 6.07) is 22.8. The molecule has 0 bridgehead atoms. The first-order valence-electron chi connectivity index (χ1n) is 7.97. The fourth-order valence-corrected chi connectivity index (χ4v) is 2.77. The minimum absolute atomic E-state index is 0.234. The van der Waals surface area contributed by atoms with Crippen molar-refractivity contribution in [3.8, 4) is 0 Å². The zero-order valence-electron chi connectivity index (χ0n) is 13.6. The average molecular weight is 330 g/mol. The second-order valence-corrected chi connectivity index (χ2v) is 5.70. The van der Waals surface area contributed by atoms with Gasteiger partial charge >= 0.3 is 0 Å². The Kier molecular flexibility index (Phi) is 3.86. The van der Waals surface area contributed by atoms with Crippen LogP contribution in [0.25, 0.3) is 11.1 Å². The van der Waals surface area contributed by atoms with Crippen molar-refractivity contribution < 1.29 is 8.81 Å². The van der Waals surface area contributed by atoms with Crippen LogP contribution in [-0.2, 0) is 0 Å². The summed E-state index contributed by atoms with van der Waals surface area (Å²) >= 11 is 0. The second kappa shape index (κ2) is 6.32. The third kappa shape index (κ3) is 3.06. The van der Waals surface area contributed by atoms with E-state index in [1.165, 1.54) is 6.07 Å². The summed E-state index contributed by atoms with van der Waals surface area (Å²) < 4.78 is 19.8. The lowest BCUT2D eigenvalue weighted by atomic mass is 10.0. The van der Waals surface area contributed by atoms with Gasteiger partial charge in [-0.2, -0.15) is 0 Å². The molecule has 0 aliphatic carbocycles. The summed E-state index contributed by atoms with van der Waals surface area (Å²) in [4.78, 5) is 8.77. The van der Waals surface area contributed by atoms with Crippen LogP contribution in [0.2, 0.25) is 0 Å². The van der Waals surface area contributed by atoms with Gasteiger partial charge in [0.05, 0.1) is 11.4 Å². The molecule has 1 heterocycles. The van der Waals surface area contributed by atoms with Crippen molar-refractivity contribution in [3.63, 3.8) is 0 Å². The standard InChI is InChI=1S/C21H15FN2O/c1-14-23-21-18(22)12-17(13-19(21)25-14)24-20(15-8-4-2-5-9-15)16-10-6-3-7-11-16/h2-13H,1H3. The minimum Gasteiger partial charge on any atom is -0.441 e. The monoisotopic (exact) mass is 330 g/mol. The van der Waals surface area contributed by atoms with Crippen LogP contribution in [0.4, 0.5) is 10.1 Å². The van der Waals surface area contributed by atoms with Gasteiger partial charge in [0.25, 0.3) is 0 Å². The van der Waals surface area contributed by atoms with Crippen LogP contribution in [0.1, 0.15) is 17.0 Å². The molecule has 0 fully saturated rings. The van der Waals surface area contributed by atoms with Gasteiger partial charge in [-0.3, -0.25) is 0 Å². The SMILES string of the molecule is Cc1nc2c(F)cc(N=C(c3ccccc3)c3ccccc3)cc2o1. The van der Waals surface area contributed by atoms with Crippen LogP contribution in [0.15, 0.2) is 82.2 Å². The van der Waals surface area contributed by atoms with Crippen molar-refractivity contribution in [2.45, 2.75) is 6.92 Å². The molecule has 122 valence electrons. The molecule has 0 saturated heterocycles. The van der Waals surface area contributed by atoms with E-state index in [1.807, 2.05) is 60.7 Å². The second-order valence-electron chi connectivity index (χ2n) is 5.70. The van der Waals surface area contributed by atoms with Gasteiger partial charge in [0, 0.05) is 30.2 Å². The minimum atomic E-state index is -0.437. The van der Waals surface area contributed by atoms with Crippen LogP contribution in [0, 0.1) is 12.7 Å². The molecule has 4 heteroatoms. The van der Waals surface area contributed by atoms with E-state index in [0.29, 0.717) is 17.2 Å². The third-order valence-corrected chi connectivity index (χ3v) is 3.88. The lowest BCUT2D eigenvalue weighted by molar-refractivity contribution is 0.561. The Balaban J connectivity index is 1.90. The third-order valence-electron chi connectivity index (χ3n) is 3.88. The van der Waals surface area contributed by atoms with Gasteiger partial charge in [-0.15, -0.1) is 0 Å². The van der Waals surface area contributed by atoms with Gasteiger partial charge < -0.3 is 4.42 Å². The van der Waals surface area contributed by atoms with Crippen molar-refractivity contribution in [2.75, 3.05) is 0 Å². The molecule has 0 amide bonds. The van der Waals surface area contributed by atoms with Crippen molar-refractivity contribution in [2.24, 2.45) is 4.99 Å². The van der Waals surface area contributed by atoms with E-state index in [2.05, 4.69) is 4.98 Å². The van der Waals surface area contributed by atoms with Crippen LogP contribution in [-0.4, -0.2) is 10.7 Å². The van der Waals surface area contributed by atoms with Crippen molar-refractivity contribution in [1.29, 1.82) is 0 Å². The highest BCUT2D eigenvalue weighted by atomic mass is 19.1. The number of aryl methyl sites for hydroxylation is 1. The van der Waals surface area contributed by atoms with Crippen molar-refractivity contribution >= 4 is 22.5 Å². The summed E-state index contributed by atoms with van der Waals surface area (Å²) in [5.41, 5.74) is 3.82. The van der Waals surface area contributed by atoms with Gasteiger partial charge in [-0.1, -0.05) is 60.7 Å². The number of hydrogen-bond donors (Lipinski definition) is 0. The smallest absolute Gasteiger partial charge is 0.192 e. The molecule has 4 aromatic rings. The van der Waals surface area contributed by atoms with Crippen molar-refractivity contribution in [3.05, 3.63) is 95.6 Å². The molecule has 1 aromatic heterocycles. The Morgan fingerprint density at radius 1 is 0.920 bits per heavy atom. The number of nitrogens with zero attached hydrogens (tertiary/aromatic N) is 2. The Labute approximate surface area is 144 Å². The number of aliphatic imine (C=N–C) groups is 1. The molecule has 0 radical (unpaired) electrons. The summed E-state index contributed by atoms with van der Waals surface area (Å²) in [5, 5.41) is 0. The quantitative estimate of drug-likeness (QED) is 0.469. The molecule has 4 rings (SSSR count). The number of rotatable bonds is 3. The summed E-state index contributed by atoms with van der Waals surface area (Å²) in [6.07, 6.45) is 0. The maximum Gasteiger partial charge on any atom is 0.192 e. The topological polar surface area (TPSA) is 38.4 Å². The predicted octanol–water partition coefficient (Wildman–Crippen LogP) is 5.44. The first kappa shape index (κ1) is 15.3. The highest BCUT2D eigenvalue weighted by Gasteiger charge is 2.12. The number of fused-ring (bicyclic) bond motifs is 1. The van der Waals surface area contributed by atoms with Crippen LogP contribution in [0.3, 0.4) is 0 Å². The van der Waals surface area contributed by atoms with Crippen LogP contribution < -0.4 is 0 Å². The number of aromatic nitrogens is 1. The van der Waals surface area contributed by atoms with Gasteiger partial charge in [-0.05, 0) is 0 Å². The molecule has 0 spiro atoms.